The maximum absolute atomic E-state index is 11.8. The highest BCUT2D eigenvalue weighted by molar-refractivity contribution is 7.89. The number of sulfonamides is 1. The summed E-state index contributed by atoms with van der Waals surface area (Å²) in [5.41, 5.74) is 0.398. The van der Waals surface area contributed by atoms with Crippen molar-refractivity contribution in [2.75, 3.05) is 20.6 Å². The van der Waals surface area contributed by atoms with Crippen LogP contribution in [0, 0.1) is 12.3 Å². The largest absolute Gasteiger partial charge is 0.351 e. The summed E-state index contributed by atoms with van der Waals surface area (Å²) >= 11 is 0. The molecule has 0 aliphatic rings. The number of nitrogens with one attached hydrogen (secondary N) is 1. The molecule has 0 saturated heterocycles. The van der Waals surface area contributed by atoms with Crippen LogP contribution in [0.5, 0.6) is 0 Å². The Hall–Kier alpha value is -1.84. The molecule has 0 fully saturated rings. The number of rotatable bonds is 5. The van der Waals surface area contributed by atoms with E-state index in [9.17, 15) is 13.2 Å². The smallest absolute Gasteiger partial charge is 0.251 e. The molecule has 1 N–H and O–H groups in total. The molecule has 6 heteroatoms. The van der Waals surface area contributed by atoms with Crippen molar-refractivity contribution in [2.45, 2.75) is 11.3 Å². The summed E-state index contributed by atoms with van der Waals surface area (Å²) in [5.74, 6) is 2.14. The second-order valence-corrected chi connectivity index (χ2v) is 6.17. The van der Waals surface area contributed by atoms with Gasteiger partial charge in [0.05, 0.1) is 4.90 Å². The van der Waals surface area contributed by atoms with Crippen molar-refractivity contribution in [1.82, 2.24) is 9.62 Å². The van der Waals surface area contributed by atoms with Crippen LogP contribution in [-0.4, -0.2) is 39.3 Å². The zero-order valence-corrected chi connectivity index (χ0v) is 11.7. The van der Waals surface area contributed by atoms with Gasteiger partial charge in [0.2, 0.25) is 10.0 Å². The van der Waals surface area contributed by atoms with E-state index in [1.54, 1.807) is 0 Å². The molecule has 0 heterocycles. The SMILES string of the molecule is C#CCCNC(=O)c1ccc(S(=O)(=O)N(C)C)cc1. The molecule has 0 aliphatic carbocycles. The Kier molecular flexibility index (Phi) is 5.10. The molecule has 0 aliphatic heterocycles. The van der Waals surface area contributed by atoms with Crippen LogP contribution in [0.25, 0.3) is 0 Å². The van der Waals surface area contributed by atoms with Crippen molar-refractivity contribution < 1.29 is 13.2 Å². The minimum Gasteiger partial charge on any atom is -0.351 e. The highest BCUT2D eigenvalue weighted by Gasteiger charge is 2.17. The highest BCUT2D eigenvalue weighted by Crippen LogP contribution is 2.13. The van der Waals surface area contributed by atoms with Gasteiger partial charge in [-0.3, -0.25) is 4.79 Å². The molecular formula is C13H16N2O3S. The van der Waals surface area contributed by atoms with Gasteiger partial charge in [0.25, 0.3) is 5.91 Å². The van der Waals surface area contributed by atoms with E-state index < -0.39 is 10.0 Å². The second-order valence-electron chi connectivity index (χ2n) is 4.02. The Morgan fingerprint density at radius 2 is 1.89 bits per heavy atom. The van der Waals surface area contributed by atoms with Gasteiger partial charge in [0, 0.05) is 32.6 Å². The predicted molar refractivity (Wildman–Crippen MR) is 73.1 cm³/mol. The average molecular weight is 280 g/mol. The summed E-state index contributed by atoms with van der Waals surface area (Å²) < 4.78 is 24.8. The fourth-order valence-corrected chi connectivity index (χ4v) is 2.24. The predicted octanol–water partition coefficient (Wildman–Crippen LogP) is 0.690. The van der Waals surface area contributed by atoms with Gasteiger partial charge in [-0.1, -0.05) is 0 Å². The van der Waals surface area contributed by atoms with Gasteiger partial charge in [-0.05, 0) is 24.3 Å². The lowest BCUT2D eigenvalue weighted by Gasteiger charge is -2.11. The van der Waals surface area contributed by atoms with Gasteiger partial charge in [-0.15, -0.1) is 12.3 Å². The first-order valence-electron chi connectivity index (χ1n) is 5.64. The number of terminal acetylenes is 1. The number of hydrogen-bond acceptors (Lipinski definition) is 3. The summed E-state index contributed by atoms with van der Waals surface area (Å²) in [6.07, 6.45) is 5.53. The fraction of sp³-hybridized carbons (Fsp3) is 0.308. The van der Waals surface area contributed by atoms with Crippen molar-refractivity contribution >= 4 is 15.9 Å². The third-order valence-corrected chi connectivity index (χ3v) is 4.28. The lowest BCUT2D eigenvalue weighted by atomic mass is 10.2. The molecule has 0 aromatic heterocycles. The second kappa shape index (κ2) is 6.36. The summed E-state index contributed by atoms with van der Waals surface area (Å²) in [7, 11) is -0.557. The highest BCUT2D eigenvalue weighted by atomic mass is 32.2. The molecule has 1 amide bonds. The average Bonchev–Trinajstić information content (AvgIpc) is 2.39. The van der Waals surface area contributed by atoms with Crippen molar-refractivity contribution in [3.63, 3.8) is 0 Å². The zero-order chi connectivity index (χ0) is 14.5. The molecule has 0 unspecified atom stereocenters. The fourth-order valence-electron chi connectivity index (χ4n) is 1.34. The summed E-state index contributed by atoms with van der Waals surface area (Å²) in [5, 5.41) is 2.64. The summed E-state index contributed by atoms with van der Waals surface area (Å²) in [6, 6.07) is 5.76. The number of carbonyl (C=O) groups excluding carboxylic acids is 1. The Labute approximate surface area is 113 Å². The zero-order valence-electron chi connectivity index (χ0n) is 10.9. The molecule has 102 valence electrons. The van der Waals surface area contributed by atoms with Gasteiger partial charge in [0.15, 0.2) is 0 Å². The van der Waals surface area contributed by atoms with Crippen LogP contribution in [0.2, 0.25) is 0 Å². The van der Waals surface area contributed by atoms with Crippen LogP contribution in [0.1, 0.15) is 16.8 Å². The molecule has 19 heavy (non-hydrogen) atoms. The monoisotopic (exact) mass is 280 g/mol. The number of nitrogens with zero attached hydrogens (tertiary/aromatic N) is 1. The van der Waals surface area contributed by atoms with Gasteiger partial charge >= 0.3 is 0 Å². The van der Waals surface area contributed by atoms with Gasteiger partial charge in [-0.25, -0.2) is 12.7 Å². The molecule has 0 bridgehead atoms. The first-order chi connectivity index (χ1) is 8.89. The Morgan fingerprint density at radius 3 is 2.37 bits per heavy atom. The van der Waals surface area contributed by atoms with E-state index in [0.717, 1.165) is 4.31 Å². The number of carbonyl (C=O) groups is 1. The minimum absolute atomic E-state index is 0.151. The minimum atomic E-state index is -3.47. The summed E-state index contributed by atoms with van der Waals surface area (Å²) in [6.45, 7) is 0.396. The van der Waals surface area contributed by atoms with E-state index in [-0.39, 0.29) is 10.8 Å². The Morgan fingerprint density at radius 1 is 1.32 bits per heavy atom. The molecule has 0 radical (unpaired) electrons. The molecule has 1 rings (SSSR count). The van der Waals surface area contributed by atoms with E-state index in [2.05, 4.69) is 11.2 Å². The van der Waals surface area contributed by atoms with Crippen LogP contribution in [0.15, 0.2) is 29.2 Å². The van der Waals surface area contributed by atoms with E-state index in [1.807, 2.05) is 0 Å². The molecule has 0 atom stereocenters. The maximum Gasteiger partial charge on any atom is 0.251 e. The number of amides is 1. The quantitative estimate of drug-likeness (QED) is 0.637. The number of hydrogen-bond donors (Lipinski definition) is 1. The first kappa shape index (κ1) is 15.2. The van der Waals surface area contributed by atoms with Crippen LogP contribution in [-0.2, 0) is 10.0 Å². The molecule has 0 saturated carbocycles. The maximum atomic E-state index is 11.8. The first-order valence-corrected chi connectivity index (χ1v) is 7.08. The van der Waals surface area contributed by atoms with E-state index in [1.165, 1.54) is 38.4 Å². The third kappa shape index (κ3) is 3.81. The van der Waals surface area contributed by atoms with Crippen molar-refractivity contribution in [1.29, 1.82) is 0 Å². The van der Waals surface area contributed by atoms with Crippen LogP contribution in [0.4, 0.5) is 0 Å². The standard InChI is InChI=1S/C13H16N2O3S/c1-4-5-10-14-13(16)11-6-8-12(9-7-11)19(17,18)15(2)3/h1,6-9H,5,10H2,2-3H3,(H,14,16). The Bertz CT molecular complexity index is 583. The lowest BCUT2D eigenvalue weighted by molar-refractivity contribution is 0.0954. The van der Waals surface area contributed by atoms with Crippen molar-refractivity contribution in [2.24, 2.45) is 0 Å². The molecule has 5 nitrogen and oxygen atoms in total. The lowest BCUT2D eigenvalue weighted by Crippen LogP contribution is -2.25. The number of benzene rings is 1. The molecule has 1 aromatic carbocycles. The summed E-state index contributed by atoms with van der Waals surface area (Å²) in [4.78, 5) is 11.8. The van der Waals surface area contributed by atoms with Crippen LogP contribution >= 0.6 is 0 Å². The van der Waals surface area contributed by atoms with Crippen molar-refractivity contribution in [3.8, 4) is 12.3 Å². The van der Waals surface area contributed by atoms with Gasteiger partial charge in [-0.2, -0.15) is 0 Å². The third-order valence-electron chi connectivity index (χ3n) is 2.45. The van der Waals surface area contributed by atoms with Crippen LogP contribution in [0.3, 0.4) is 0 Å². The van der Waals surface area contributed by atoms with Crippen molar-refractivity contribution in [3.05, 3.63) is 29.8 Å². The van der Waals surface area contributed by atoms with E-state index in [0.29, 0.717) is 18.5 Å². The van der Waals surface area contributed by atoms with E-state index in [4.69, 9.17) is 6.42 Å². The Balaban J connectivity index is 2.83. The van der Waals surface area contributed by atoms with Gasteiger partial charge in [0.1, 0.15) is 0 Å². The normalized spacial score (nSPS) is 11.1. The van der Waals surface area contributed by atoms with Crippen LogP contribution < -0.4 is 5.32 Å². The topological polar surface area (TPSA) is 66.5 Å². The van der Waals surface area contributed by atoms with E-state index >= 15 is 0 Å². The molecule has 1 aromatic rings. The van der Waals surface area contributed by atoms with Gasteiger partial charge < -0.3 is 5.32 Å². The molecule has 0 spiro atoms. The molecular weight excluding hydrogens is 264 g/mol.